The minimum atomic E-state index is -0.291. The molecule has 0 saturated carbocycles. The number of nitrogens with zero attached hydrogens (tertiary/aromatic N) is 1. The van der Waals surface area contributed by atoms with E-state index in [2.05, 4.69) is 18.7 Å². The van der Waals surface area contributed by atoms with Gasteiger partial charge in [-0.15, -0.1) is 11.3 Å². The van der Waals surface area contributed by atoms with Crippen molar-refractivity contribution < 1.29 is 4.79 Å². The highest BCUT2D eigenvalue weighted by atomic mass is 32.1. The first-order valence-electron chi connectivity index (χ1n) is 5.91. The molecule has 0 bridgehead atoms. The summed E-state index contributed by atoms with van der Waals surface area (Å²) in [5.41, 5.74) is -0.291. The Hall–Kier alpha value is -0.670. The van der Waals surface area contributed by atoms with Gasteiger partial charge in [0.2, 0.25) is 0 Å². The lowest BCUT2D eigenvalue weighted by molar-refractivity contribution is -0.128. The highest BCUT2D eigenvalue weighted by molar-refractivity contribution is 7.10. The molecule has 2 nitrogen and oxygen atoms in total. The second kappa shape index (κ2) is 4.68. The molecule has 0 amide bonds. The Balaban J connectivity index is 2.02. The molecule has 1 aliphatic heterocycles. The van der Waals surface area contributed by atoms with Crippen molar-refractivity contribution >= 4 is 17.1 Å². The fourth-order valence-electron chi connectivity index (χ4n) is 2.24. The summed E-state index contributed by atoms with van der Waals surface area (Å²) in [6.45, 7) is 6.27. The number of Topliss-reactive ketones (excluding diaryl/α,β-unsaturated/α-hetero) is 1. The van der Waals surface area contributed by atoms with E-state index in [4.69, 9.17) is 0 Å². The van der Waals surface area contributed by atoms with Gasteiger partial charge in [0.15, 0.2) is 5.78 Å². The zero-order valence-electron chi connectivity index (χ0n) is 10.0. The molecule has 1 saturated heterocycles. The maximum atomic E-state index is 12.3. The molecule has 0 aromatic carbocycles. The lowest BCUT2D eigenvalue weighted by Gasteiger charge is -2.33. The molecule has 0 aliphatic carbocycles. The molecule has 3 heteroatoms. The molecular formula is C13H19NOS. The van der Waals surface area contributed by atoms with Crippen molar-refractivity contribution in [2.24, 2.45) is 0 Å². The van der Waals surface area contributed by atoms with Gasteiger partial charge in [0, 0.05) is 11.3 Å². The maximum absolute atomic E-state index is 12.3. The fourth-order valence-corrected chi connectivity index (χ4v) is 2.94. The van der Waals surface area contributed by atoms with Gasteiger partial charge in [-0.2, -0.15) is 0 Å². The first-order chi connectivity index (χ1) is 7.60. The Kier molecular flexibility index (Phi) is 3.45. The first-order valence-corrected chi connectivity index (χ1v) is 6.79. The zero-order valence-corrected chi connectivity index (χ0v) is 10.8. The van der Waals surface area contributed by atoms with Crippen LogP contribution in [0.25, 0.3) is 0 Å². The normalized spacial score (nSPS) is 17.9. The summed E-state index contributed by atoms with van der Waals surface area (Å²) in [7, 11) is 0. The van der Waals surface area contributed by atoms with Crippen LogP contribution in [0.15, 0.2) is 17.5 Å². The number of carbonyl (C=O) groups excluding carboxylic acids is 1. The third-order valence-electron chi connectivity index (χ3n) is 3.49. The summed E-state index contributed by atoms with van der Waals surface area (Å²) < 4.78 is 0. The summed E-state index contributed by atoms with van der Waals surface area (Å²) in [5.74, 6) is 0.344. The Morgan fingerprint density at radius 1 is 1.44 bits per heavy atom. The Morgan fingerprint density at radius 2 is 2.12 bits per heavy atom. The monoisotopic (exact) mass is 237 g/mol. The second-order valence-electron chi connectivity index (χ2n) is 4.93. The molecule has 0 unspecified atom stereocenters. The van der Waals surface area contributed by atoms with Crippen LogP contribution in [0, 0.1) is 0 Å². The van der Waals surface area contributed by atoms with Crippen LogP contribution in [-0.4, -0.2) is 29.3 Å². The summed E-state index contributed by atoms with van der Waals surface area (Å²) >= 11 is 1.67. The second-order valence-corrected chi connectivity index (χ2v) is 5.96. The van der Waals surface area contributed by atoms with E-state index in [1.165, 1.54) is 17.7 Å². The van der Waals surface area contributed by atoms with E-state index in [-0.39, 0.29) is 5.54 Å². The largest absolute Gasteiger partial charge is 0.297 e. The minimum absolute atomic E-state index is 0.291. The van der Waals surface area contributed by atoms with E-state index >= 15 is 0 Å². The minimum Gasteiger partial charge on any atom is -0.297 e. The lowest BCUT2D eigenvalue weighted by atomic mass is 9.94. The predicted octanol–water partition coefficient (Wildman–Crippen LogP) is 2.73. The summed E-state index contributed by atoms with van der Waals surface area (Å²) in [5, 5.41) is 2.03. The van der Waals surface area contributed by atoms with Crippen LogP contribution in [0.5, 0.6) is 0 Å². The number of likely N-dealkylation sites (tertiary alicyclic amines) is 1. The molecule has 1 aromatic rings. The molecular weight excluding hydrogens is 218 g/mol. The number of carbonyl (C=O) groups is 1. The first kappa shape index (κ1) is 11.8. The number of hydrogen-bond donors (Lipinski definition) is 0. The standard InChI is InChI=1S/C13H19NOS/c1-13(2,14-7-3-4-8-14)12(15)10-11-6-5-9-16-11/h5-6,9H,3-4,7-8,10H2,1-2H3. The van der Waals surface area contributed by atoms with Gasteiger partial charge < -0.3 is 0 Å². The fraction of sp³-hybridized carbons (Fsp3) is 0.615. The molecule has 0 atom stereocenters. The van der Waals surface area contributed by atoms with Crippen LogP contribution in [0.3, 0.4) is 0 Å². The van der Waals surface area contributed by atoms with Crippen molar-refractivity contribution in [3.05, 3.63) is 22.4 Å². The van der Waals surface area contributed by atoms with E-state index < -0.39 is 0 Å². The van der Waals surface area contributed by atoms with Crippen molar-refractivity contribution in [1.29, 1.82) is 0 Å². The van der Waals surface area contributed by atoms with Gasteiger partial charge in [-0.05, 0) is 51.2 Å². The lowest BCUT2D eigenvalue weighted by Crippen LogP contribution is -2.49. The van der Waals surface area contributed by atoms with E-state index in [9.17, 15) is 4.79 Å². The van der Waals surface area contributed by atoms with Gasteiger partial charge in [-0.25, -0.2) is 0 Å². The van der Waals surface area contributed by atoms with Crippen LogP contribution in [0.1, 0.15) is 31.6 Å². The third kappa shape index (κ3) is 2.36. The van der Waals surface area contributed by atoms with Crippen LogP contribution in [0.2, 0.25) is 0 Å². The summed E-state index contributed by atoms with van der Waals surface area (Å²) in [6.07, 6.45) is 3.05. The highest BCUT2D eigenvalue weighted by Crippen LogP contribution is 2.24. The van der Waals surface area contributed by atoms with E-state index in [0.717, 1.165) is 13.1 Å². The zero-order chi connectivity index (χ0) is 11.6. The van der Waals surface area contributed by atoms with Crippen LogP contribution < -0.4 is 0 Å². The molecule has 88 valence electrons. The van der Waals surface area contributed by atoms with Crippen molar-refractivity contribution in [2.45, 2.75) is 38.6 Å². The van der Waals surface area contributed by atoms with Crippen molar-refractivity contribution in [1.82, 2.24) is 4.90 Å². The average molecular weight is 237 g/mol. The molecule has 0 spiro atoms. The van der Waals surface area contributed by atoms with E-state index in [0.29, 0.717) is 12.2 Å². The summed E-state index contributed by atoms with van der Waals surface area (Å²) in [6, 6.07) is 4.05. The van der Waals surface area contributed by atoms with Crippen LogP contribution in [0.4, 0.5) is 0 Å². The number of thiophene rings is 1. The van der Waals surface area contributed by atoms with Gasteiger partial charge in [0.25, 0.3) is 0 Å². The molecule has 1 aliphatic rings. The number of hydrogen-bond acceptors (Lipinski definition) is 3. The topological polar surface area (TPSA) is 20.3 Å². The smallest absolute Gasteiger partial charge is 0.157 e. The molecule has 0 radical (unpaired) electrons. The maximum Gasteiger partial charge on any atom is 0.157 e. The number of rotatable bonds is 4. The quantitative estimate of drug-likeness (QED) is 0.802. The molecule has 0 N–H and O–H groups in total. The average Bonchev–Trinajstić information content (AvgIpc) is 2.89. The molecule has 2 heterocycles. The summed E-state index contributed by atoms with van der Waals surface area (Å²) in [4.78, 5) is 15.8. The van der Waals surface area contributed by atoms with Crippen molar-refractivity contribution in [3.8, 4) is 0 Å². The third-order valence-corrected chi connectivity index (χ3v) is 4.37. The molecule has 1 aromatic heterocycles. The molecule has 2 rings (SSSR count). The molecule has 16 heavy (non-hydrogen) atoms. The SMILES string of the molecule is CC(C)(C(=O)Cc1cccs1)N1CCCC1. The van der Waals surface area contributed by atoms with E-state index in [1.807, 2.05) is 17.5 Å². The van der Waals surface area contributed by atoms with Crippen molar-refractivity contribution in [3.63, 3.8) is 0 Å². The van der Waals surface area contributed by atoms with Gasteiger partial charge in [-0.3, -0.25) is 9.69 Å². The Bertz CT molecular complexity index is 350. The van der Waals surface area contributed by atoms with Gasteiger partial charge in [0.1, 0.15) is 0 Å². The predicted molar refractivity (Wildman–Crippen MR) is 67.9 cm³/mol. The van der Waals surface area contributed by atoms with Gasteiger partial charge in [-0.1, -0.05) is 6.07 Å². The van der Waals surface area contributed by atoms with Gasteiger partial charge >= 0.3 is 0 Å². The van der Waals surface area contributed by atoms with Crippen LogP contribution in [-0.2, 0) is 11.2 Å². The number of ketones is 1. The Labute approximate surface area is 101 Å². The van der Waals surface area contributed by atoms with Crippen molar-refractivity contribution in [2.75, 3.05) is 13.1 Å². The Morgan fingerprint density at radius 3 is 2.69 bits per heavy atom. The highest BCUT2D eigenvalue weighted by Gasteiger charge is 2.35. The van der Waals surface area contributed by atoms with Gasteiger partial charge in [0.05, 0.1) is 5.54 Å². The molecule has 1 fully saturated rings. The van der Waals surface area contributed by atoms with Crippen LogP contribution >= 0.6 is 11.3 Å². The van der Waals surface area contributed by atoms with E-state index in [1.54, 1.807) is 11.3 Å².